The fourth-order valence-corrected chi connectivity index (χ4v) is 3.26. The maximum absolute atomic E-state index is 11.5. The molecule has 0 saturated heterocycles. The molecular weight excluding hydrogens is 377 g/mol. The Morgan fingerprint density at radius 3 is 2.69 bits per heavy atom. The van der Waals surface area contributed by atoms with Crippen molar-refractivity contribution in [3.8, 4) is 0 Å². The summed E-state index contributed by atoms with van der Waals surface area (Å²) in [5, 5.41) is 8.66. The molecule has 0 aliphatic rings. The Balaban J connectivity index is 2.07. The van der Waals surface area contributed by atoms with Crippen LogP contribution in [0.3, 0.4) is 0 Å². The first kappa shape index (κ1) is 20.8. The SMILES string of the molecule is Cn1c(CCCC(=O)OCCO)nc2cc(N(CCCl)CCCl)ccc21. The van der Waals surface area contributed by atoms with Gasteiger partial charge in [0.1, 0.15) is 12.4 Å². The Bertz CT molecular complexity index is 715. The number of aryl methyl sites for hydroxylation is 2. The van der Waals surface area contributed by atoms with E-state index in [1.54, 1.807) is 0 Å². The standard InChI is InChI=1S/C18H25Cl2N3O3/c1-22-16-6-5-14(23(9-7-19)10-8-20)13-15(16)21-17(22)3-2-4-18(25)26-12-11-24/h5-6,13,24H,2-4,7-12H2,1H3. The van der Waals surface area contributed by atoms with Gasteiger partial charge in [-0.1, -0.05) is 0 Å². The Kier molecular flexibility index (Phi) is 8.48. The Hall–Kier alpha value is -1.50. The van der Waals surface area contributed by atoms with Crippen molar-refractivity contribution in [2.24, 2.45) is 7.05 Å². The average Bonchev–Trinajstić information content (AvgIpc) is 2.95. The lowest BCUT2D eigenvalue weighted by atomic mass is 10.2. The van der Waals surface area contributed by atoms with Crippen LogP contribution in [-0.4, -0.2) is 58.7 Å². The molecule has 0 bridgehead atoms. The van der Waals surface area contributed by atoms with Crippen molar-refractivity contribution in [1.82, 2.24) is 9.55 Å². The fourth-order valence-electron chi connectivity index (χ4n) is 2.85. The number of ether oxygens (including phenoxy) is 1. The summed E-state index contributed by atoms with van der Waals surface area (Å²) in [5.41, 5.74) is 3.01. The molecule has 26 heavy (non-hydrogen) atoms. The molecule has 1 aromatic carbocycles. The molecule has 6 nitrogen and oxygen atoms in total. The third kappa shape index (κ3) is 5.50. The lowest BCUT2D eigenvalue weighted by Crippen LogP contribution is -2.27. The van der Waals surface area contributed by atoms with Gasteiger partial charge in [-0.2, -0.15) is 0 Å². The molecule has 0 radical (unpaired) electrons. The molecule has 0 aliphatic heterocycles. The van der Waals surface area contributed by atoms with Crippen LogP contribution in [0.1, 0.15) is 18.7 Å². The van der Waals surface area contributed by atoms with Crippen molar-refractivity contribution in [2.75, 3.05) is 43.0 Å². The van der Waals surface area contributed by atoms with Gasteiger partial charge in [-0.25, -0.2) is 4.98 Å². The van der Waals surface area contributed by atoms with Crippen LogP contribution in [0.25, 0.3) is 11.0 Å². The number of carbonyl (C=O) groups is 1. The number of hydrogen-bond donors (Lipinski definition) is 1. The van der Waals surface area contributed by atoms with E-state index in [2.05, 4.69) is 11.0 Å². The molecule has 1 heterocycles. The van der Waals surface area contributed by atoms with E-state index in [0.717, 1.165) is 35.6 Å². The van der Waals surface area contributed by atoms with Crippen LogP contribution in [0.2, 0.25) is 0 Å². The Morgan fingerprint density at radius 2 is 2.04 bits per heavy atom. The Morgan fingerprint density at radius 1 is 1.31 bits per heavy atom. The number of halogens is 2. The van der Waals surface area contributed by atoms with Gasteiger partial charge >= 0.3 is 5.97 Å². The summed E-state index contributed by atoms with van der Waals surface area (Å²) in [4.78, 5) is 18.4. The Labute approximate surface area is 163 Å². The van der Waals surface area contributed by atoms with Crippen LogP contribution < -0.4 is 4.90 Å². The molecule has 2 rings (SSSR count). The van der Waals surface area contributed by atoms with Gasteiger partial charge in [0.2, 0.25) is 0 Å². The van der Waals surface area contributed by atoms with Crippen molar-refractivity contribution in [1.29, 1.82) is 0 Å². The van der Waals surface area contributed by atoms with Crippen molar-refractivity contribution in [3.05, 3.63) is 24.0 Å². The highest BCUT2D eigenvalue weighted by Crippen LogP contribution is 2.23. The predicted octanol–water partition coefficient (Wildman–Crippen LogP) is 2.72. The monoisotopic (exact) mass is 401 g/mol. The lowest BCUT2D eigenvalue weighted by Gasteiger charge is -2.22. The van der Waals surface area contributed by atoms with E-state index in [9.17, 15) is 4.79 Å². The molecule has 0 aliphatic carbocycles. The maximum atomic E-state index is 11.5. The van der Waals surface area contributed by atoms with E-state index in [1.165, 1.54) is 0 Å². The number of hydrogen-bond acceptors (Lipinski definition) is 5. The van der Waals surface area contributed by atoms with Crippen molar-refractivity contribution in [3.63, 3.8) is 0 Å². The smallest absolute Gasteiger partial charge is 0.305 e. The molecular formula is C18H25Cl2N3O3. The summed E-state index contributed by atoms with van der Waals surface area (Å²) in [5.74, 6) is 1.70. The van der Waals surface area contributed by atoms with E-state index in [0.29, 0.717) is 31.0 Å². The number of alkyl halides is 2. The largest absolute Gasteiger partial charge is 0.463 e. The van der Waals surface area contributed by atoms with Crippen LogP contribution in [0.5, 0.6) is 0 Å². The quantitative estimate of drug-likeness (QED) is 0.463. The molecule has 144 valence electrons. The lowest BCUT2D eigenvalue weighted by molar-refractivity contribution is -0.144. The van der Waals surface area contributed by atoms with Gasteiger partial charge in [-0.15, -0.1) is 23.2 Å². The summed E-state index contributed by atoms with van der Waals surface area (Å²) in [6.07, 6.45) is 1.65. The minimum Gasteiger partial charge on any atom is -0.463 e. The molecule has 0 saturated carbocycles. The highest BCUT2D eigenvalue weighted by atomic mass is 35.5. The van der Waals surface area contributed by atoms with Crippen LogP contribution in [0.15, 0.2) is 18.2 Å². The summed E-state index contributed by atoms with van der Waals surface area (Å²) in [6, 6.07) is 6.15. The molecule has 0 atom stereocenters. The molecule has 1 N–H and O–H groups in total. The van der Waals surface area contributed by atoms with Crippen LogP contribution in [0, 0.1) is 0 Å². The third-order valence-electron chi connectivity index (χ3n) is 4.17. The number of fused-ring (bicyclic) bond motifs is 1. The first-order valence-corrected chi connectivity index (χ1v) is 9.76. The average molecular weight is 402 g/mol. The van der Waals surface area contributed by atoms with Gasteiger partial charge in [-0.05, 0) is 24.6 Å². The zero-order valence-corrected chi connectivity index (χ0v) is 16.5. The molecule has 1 aromatic heterocycles. The van der Waals surface area contributed by atoms with Gasteiger partial charge < -0.3 is 19.3 Å². The summed E-state index contributed by atoms with van der Waals surface area (Å²) < 4.78 is 6.91. The number of imidazole rings is 1. The van der Waals surface area contributed by atoms with Crippen LogP contribution in [0.4, 0.5) is 5.69 Å². The predicted molar refractivity (Wildman–Crippen MR) is 105 cm³/mol. The number of benzene rings is 1. The van der Waals surface area contributed by atoms with E-state index in [1.807, 2.05) is 23.7 Å². The van der Waals surface area contributed by atoms with Gasteiger partial charge in [0.25, 0.3) is 0 Å². The van der Waals surface area contributed by atoms with Crippen molar-refractivity contribution < 1.29 is 14.6 Å². The normalized spacial score (nSPS) is 11.1. The number of aliphatic hydroxyl groups is 1. The second-order valence-electron chi connectivity index (χ2n) is 5.92. The number of anilines is 1. The second kappa shape index (κ2) is 10.6. The number of carbonyl (C=O) groups excluding carboxylic acids is 1. The number of aromatic nitrogens is 2. The van der Waals surface area contributed by atoms with Gasteiger partial charge in [-0.3, -0.25) is 4.79 Å². The summed E-state index contributed by atoms with van der Waals surface area (Å²) in [6.45, 7) is 1.36. The summed E-state index contributed by atoms with van der Waals surface area (Å²) in [7, 11) is 1.98. The number of esters is 1. The zero-order chi connectivity index (χ0) is 18.9. The molecule has 0 fully saturated rings. The third-order valence-corrected chi connectivity index (χ3v) is 4.50. The van der Waals surface area contributed by atoms with Gasteiger partial charge in [0.15, 0.2) is 0 Å². The molecule has 0 amide bonds. The molecule has 2 aromatic rings. The van der Waals surface area contributed by atoms with E-state index < -0.39 is 0 Å². The topological polar surface area (TPSA) is 67.6 Å². The van der Waals surface area contributed by atoms with Crippen LogP contribution in [-0.2, 0) is 23.0 Å². The molecule has 8 heteroatoms. The number of aliphatic hydroxyl groups excluding tert-OH is 1. The van der Waals surface area contributed by atoms with Gasteiger partial charge in [0, 0.05) is 50.4 Å². The van der Waals surface area contributed by atoms with Crippen LogP contribution >= 0.6 is 23.2 Å². The van der Waals surface area contributed by atoms with Crippen molar-refractivity contribution >= 4 is 45.9 Å². The fraction of sp³-hybridized carbons (Fsp3) is 0.556. The number of nitrogens with zero attached hydrogens (tertiary/aromatic N) is 3. The zero-order valence-electron chi connectivity index (χ0n) is 15.0. The summed E-state index contributed by atoms with van der Waals surface area (Å²) >= 11 is 11.8. The molecule has 0 spiro atoms. The molecule has 0 unspecified atom stereocenters. The van der Waals surface area contributed by atoms with E-state index >= 15 is 0 Å². The minimum absolute atomic E-state index is 0.0506. The van der Waals surface area contributed by atoms with E-state index in [-0.39, 0.29) is 19.2 Å². The maximum Gasteiger partial charge on any atom is 0.305 e. The number of rotatable bonds is 11. The highest BCUT2D eigenvalue weighted by Gasteiger charge is 2.12. The minimum atomic E-state index is -0.294. The van der Waals surface area contributed by atoms with E-state index in [4.69, 9.17) is 38.0 Å². The first-order chi connectivity index (χ1) is 12.6. The first-order valence-electron chi connectivity index (χ1n) is 8.69. The van der Waals surface area contributed by atoms with Crippen molar-refractivity contribution in [2.45, 2.75) is 19.3 Å². The highest BCUT2D eigenvalue weighted by molar-refractivity contribution is 6.18. The van der Waals surface area contributed by atoms with Gasteiger partial charge in [0.05, 0.1) is 17.6 Å². The second-order valence-corrected chi connectivity index (χ2v) is 6.68.